The Morgan fingerprint density at radius 2 is 1.62 bits per heavy atom. The van der Waals surface area contributed by atoms with Gasteiger partial charge in [0.25, 0.3) is 5.85 Å². The molecule has 0 amide bonds. The highest BCUT2D eigenvalue weighted by atomic mass is 35.9. The van der Waals surface area contributed by atoms with E-state index in [0.717, 1.165) is 11.1 Å². The normalized spacial score (nSPS) is 11.8. The van der Waals surface area contributed by atoms with Gasteiger partial charge in [0.2, 0.25) is 0 Å². The van der Waals surface area contributed by atoms with Crippen molar-refractivity contribution in [2.24, 2.45) is 0 Å². The molecule has 0 atom stereocenters. The zero-order chi connectivity index (χ0) is 10.2. The molecule has 0 aromatic heterocycles. The molecule has 0 aliphatic carbocycles. The van der Waals surface area contributed by atoms with Crippen LogP contribution in [0.1, 0.15) is 11.1 Å². The average molecular weight is 257 g/mol. The molecule has 0 bridgehead atoms. The third-order valence-electron chi connectivity index (χ3n) is 1.84. The Hall–Kier alpha value is 0.320. The molecular formula is C8H8Cl3OP. The average Bonchev–Trinajstić information content (AvgIpc) is 1.94. The Morgan fingerprint density at radius 1 is 1.15 bits per heavy atom. The molecule has 5 heteroatoms. The van der Waals surface area contributed by atoms with Crippen LogP contribution in [-0.4, -0.2) is 0 Å². The van der Waals surface area contributed by atoms with Crippen molar-refractivity contribution in [3.8, 4) is 0 Å². The summed E-state index contributed by atoms with van der Waals surface area (Å²) in [4.78, 5) is 0. The molecule has 1 rings (SSSR count). The fourth-order valence-electron chi connectivity index (χ4n) is 0.965. The number of halogens is 3. The van der Waals surface area contributed by atoms with Crippen LogP contribution in [0.25, 0.3) is 0 Å². The highest BCUT2D eigenvalue weighted by Gasteiger charge is 2.21. The summed E-state index contributed by atoms with van der Waals surface area (Å²) in [7, 11) is 0. The summed E-state index contributed by atoms with van der Waals surface area (Å²) in [5, 5.41) is 0.678. The summed E-state index contributed by atoms with van der Waals surface area (Å²) >= 11 is 16.9. The van der Waals surface area contributed by atoms with Crippen molar-refractivity contribution in [1.29, 1.82) is 0 Å². The molecular weight excluding hydrogens is 249 g/mol. The van der Waals surface area contributed by atoms with E-state index >= 15 is 0 Å². The van der Waals surface area contributed by atoms with Crippen molar-refractivity contribution in [1.82, 2.24) is 0 Å². The molecule has 0 fully saturated rings. The lowest BCUT2D eigenvalue weighted by Gasteiger charge is -2.08. The lowest BCUT2D eigenvalue weighted by molar-refractivity contribution is 0.597. The van der Waals surface area contributed by atoms with Crippen molar-refractivity contribution in [2.45, 2.75) is 13.8 Å². The molecule has 0 aliphatic heterocycles. The molecule has 1 nitrogen and oxygen atoms in total. The van der Waals surface area contributed by atoms with Gasteiger partial charge in [0.1, 0.15) is 0 Å². The number of aryl methyl sites for hydroxylation is 2. The maximum atomic E-state index is 11.3. The molecule has 0 saturated carbocycles. The molecule has 13 heavy (non-hydrogen) atoms. The quantitative estimate of drug-likeness (QED) is 0.687. The molecule has 0 saturated heterocycles. The molecule has 1 aromatic carbocycles. The topological polar surface area (TPSA) is 17.1 Å². The fourth-order valence-corrected chi connectivity index (χ4v) is 3.30. The minimum absolute atomic E-state index is 0.320. The second kappa shape index (κ2) is 3.82. The van der Waals surface area contributed by atoms with Gasteiger partial charge in [-0.05, 0) is 59.6 Å². The second-order valence-corrected chi connectivity index (χ2v) is 8.04. The van der Waals surface area contributed by atoms with Crippen LogP contribution in [0.3, 0.4) is 0 Å². The molecule has 0 heterocycles. The summed E-state index contributed by atoms with van der Waals surface area (Å²) in [6.45, 7) is 3.80. The predicted octanol–water partition coefficient (Wildman–Crippen LogP) is 4.25. The van der Waals surface area contributed by atoms with Crippen molar-refractivity contribution in [3.63, 3.8) is 0 Å². The predicted molar refractivity (Wildman–Crippen MR) is 59.9 cm³/mol. The molecule has 0 unspecified atom stereocenters. The highest BCUT2D eigenvalue weighted by Crippen LogP contribution is 2.56. The summed E-state index contributed by atoms with van der Waals surface area (Å²) in [5.74, 6) is -3.29. The largest absolute Gasteiger partial charge is 0.284 e. The third kappa shape index (κ3) is 2.63. The Labute approximate surface area is 91.9 Å². The minimum Gasteiger partial charge on any atom is -0.284 e. The van der Waals surface area contributed by atoms with E-state index in [2.05, 4.69) is 0 Å². The van der Waals surface area contributed by atoms with E-state index in [1.54, 1.807) is 12.1 Å². The van der Waals surface area contributed by atoms with Crippen LogP contribution < -0.4 is 5.30 Å². The number of hydrogen-bond acceptors (Lipinski definition) is 1. The highest BCUT2D eigenvalue weighted by molar-refractivity contribution is 8.13. The Morgan fingerprint density at radius 3 is 2.08 bits per heavy atom. The van der Waals surface area contributed by atoms with E-state index in [4.69, 9.17) is 34.1 Å². The molecule has 1 aromatic rings. The van der Waals surface area contributed by atoms with Crippen LogP contribution in [0.2, 0.25) is 5.02 Å². The zero-order valence-electron chi connectivity index (χ0n) is 7.14. The van der Waals surface area contributed by atoms with Crippen molar-refractivity contribution in [2.75, 3.05) is 0 Å². The van der Waals surface area contributed by atoms with Crippen LogP contribution in [-0.2, 0) is 4.57 Å². The number of benzene rings is 1. The van der Waals surface area contributed by atoms with Crippen molar-refractivity contribution < 1.29 is 4.57 Å². The van der Waals surface area contributed by atoms with E-state index < -0.39 is 5.85 Å². The Balaban J connectivity index is 3.41. The molecule has 72 valence electrons. The Bertz CT molecular complexity index is 383. The lowest BCUT2D eigenvalue weighted by atomic mass is 10.1. The fraction of sp³-hybridized carbons (Fsp3) is 0.250. The molecule has 0 spiro atoms. The van der Waals surface area contributed by atoms with Gasteiger partial charge in [-0.25, -0.2) is 0 Å². The van der Waals surface area contributed by atoms with Gasteiger partial charge in [-0.1, -0.05) is 11.6 Å². The summed E-state index contributed by atoms with van der Waals surface area (Å²) in [6, 6.07) is 3.38. The lowest BCUT2D eigenvalue weighted by Crippen LogP contribution is -2.01. The van der Waals surface area contributed by atoms with E-state index in [0.29, 0.717) is 10.3 Å². The van der Waals surface area contributed by atoms with E-state index in [-0.39, 0.29) is 0 Å². The SMILES string of the molecule is Cc1cc(Cl)c(P(=O)(Cl)Cl)cc1C. The van der Waals surface area contributed by atoms with Crippen molar-refractivity contribution >= 4 is 45.2 Å². The van der Waals surface area contributed by atoms with E-state index in [9.17, 15) is 4.57 Å². The van der Waals surface area contributed by atoms with Gasteiger partial charge in [-0.3, -0.25) is 4.57 Å². The van der Waals surface area contributed by atoms with E-state index in [1.165, 1.54) is 0 Å². The zero-order valence-corrected chi connectivity index (χ0v) is 10.3. The van der Waals surface area contributed by atoms with Crippen molar-refractivity contribution in [3.05, 3.63) is 28.3 Å². The standard InChI is InChI=1S/C8H8Cl3OP/c1-5-3-7(9)8(4-6(5)2)13(10,11)12/h3-4H,1-2H3. The summed E-state index contributed by atoms with van der Waals surface area (Å²) < 4.78 is 11.3. The van der Waals surface area contributed by atoms with Gasteiger partial charge in [0.05, 0.1) is 10.3 Å². The summed E-state index contributed by atoms with van der Waals surface area (Å²) in [6.07, 6.45) is 0. The third-order valence-corrected chi connectivity index (χ3v) is 4.31. The number of hydrogen-bond donors (Lipinski definition) is 0. The van der Waals surface area contributed by atoms with Crippen LogP contribution in [0.5, 0.6) is 0 Å². The van der Waals surface area contributed by atoms with Gasteiger partial charge >= 0.3 is 0 Å². The van der Waals surface area contributed by atoms with Crippen LogP contribution in [0, 0.1) is 13.8 Å². The Kier molecular flexibility index (Phi) is 3.35. The summed E-state index contributed by atoms with van der Waals surface area (Å²) in [5.41, 5.74) is 2.00. The smallest absolute Gasteiger partial charge is 0.283 e. The van der Waals surface area contributed by atoms with Crippen LogP contribution >= 0.6 is 39.9 Å². The van der Waals surface area contributed by atoms with Gasteiger partial charge in [0, 0.05) is 0 Å². The second-order valence-electron chi connectivity index (χ2n) is 2.85. The minimum atomic E-state index is -3.29. The first-order chi connectivity index (χ1) is 5.82. The molecule has 0 aliphatic rings. The number of rotatable bonds is 1. The first-order valence-corrected chi connectivity index (χ1v) is 7.48. The van der Waals surface area contributed by atoms with Gasteiger partial charge in [-0.2, -0.15) is 0 Å². The monoisotopic (exact) mass is 256 g/mol. The van der Waals surface area contributed by atoms with Crippen LogP contribution in [0.4, 0.5) is 0 Å². The maximum absolute atomic E-state index is 11.3. The van der Waals surface area contributed by atoms with Crippen LogP contribution in [0.15, 0.2) is 12.1 Å². The first kappa shape index (κ1) is 11.4. The molecule has 0 radical (unpaired) electrons. The van der Waals surface area contributed by atoms with Gasteiger partial charge < -0.3 is 0 Å². The first-order valence-electron chi connectivity index (χ1n) is 3.59. The van der Waals surface area contributed by atoms with E-state index in [1.807, 2.05) is 13.8 Å². The van der Waals surface area contributed by atoms with Gasteiger partial charge in [-0.15, -0.1) is 0 Å². The van der Waals surface area contributed by atoms with Gasteiger partial charge in [0.15, 0.2) is 0 Å². The maximum Gasteiger partial charge on any atom is 0.283 e. The molecule has 0 N–H and O–H groups in total.